The molecule has 2 aromatic rings. The van der Waals surface area contributed by atoms with Gasteiger partial charge in [0.25, 0.3) is 11.8 Å². The Balaban J connectivity index is 1.95. The predicted molar refractivity (Wildman–Crippen MR) is 122 cm³/mol. The molecule has 0 radical (unpaired) electrons. The van der Waals surface area contributed by atoms with E-state index in [1.54, 1.807) is 19.2 Å². The minimum atomic E-state index is -0.315. The van der Waals surface area contributed by atoms with Crippen LogP contribution in [0.5, 0.6) is 11.5 Å². The second kappa shape index (κ2) is 9.69. The van der Waals surface area contributed by atoms with Crippen LogP contribution < -0.4 is 14.8 Å². The maximum absolute atomic E-state index is 13.2. The van der Waals surface area contributed by atoms with Gasteiger partial charge < -0.3 is 14.8 Å². The predicted octanol–water partition coefficient (Wildman–Crippen LogP) is 4.58. The van der Waals surface area contributed by atoms with Gasteiger partial charge in [0, 0.05) is 12.2 Å². The molecule has 164 valence electrons. The molecule has 1 N–H and O–H groups in total. The number of methoxy groups -OCH3 is 1. The molecule has 1 aliphatic rings. The van der Waals surface area contributed by atoms with Crippen LogP contribution in [-0.2, 0) is 9.59 Å². The zero-order valence-corrected chi connectivity index (χ0v) is 18.8. The number of anilines is 1. The number of hydrogen-bond acceptors (Lipinski definition) is 5. The van der Waals surface area contributed by atoms with Crippen LogP contribution in [0.15, 0.2) is 54.2 Å². The van der Waals surface area contributed by atoms with Crippen LogP contribution in [0.25, 0.3) is 5.57 Å². The van der Waals surface area contributed by atoms with Gasteiger partial charge >= 0.3 is 0 Å². The van der Waals surface area contributed by atoms with Crippen LogP contribution in [0.1, 0.15) is 33.3 Å². The first-order valence-corrected chi connectivity index (χ1v) is 10.5. The highest BCUT2D eigenvalue weighted by Crippen LogP contribution is 2.32. The average Bonchev–Trinajstić information content (AvgIpc) is 2.97. The summed E-state index contributed by atoms with van der Waals surface area (Å²) in [6.07, 6.45) is 0. The van der Waals surface area contributed by atoms with E-state index >= 15 is 0 Å². The molecule has 1 aliphatic heterocycles. The molecule has 6 heteroatoms. The summed E-state index contributed by atoms with van der Waals surface area (Å²) in [7, 11) is 1.60. The maximum atomic E-state index is 13.2. The standard InChI is InChI=1S/C25H30N2O4/c1-16(2)14-27-24(28)22(18-6-10-21(11-7-18)31-15-17(3)4)23(25(27)29)26-19-8-12-20(30-5)13-9-19/h6-13,16-17,26H,14-15H2,1-5H3. The Labute approximate surface area is 183 Å². The normalized spacial score (nSPS) is 14.1. The van der Waals surface area contributed by atoms with E-state index in [0.717, 1.165) is 5.75 Å². The van der Waals surface area contributed by atoms with Crippen molar-refractivity contribution in [2.24, 2.45) is 11.8 Å². The minimum absolute atomic E-state index is 0.168. The number of amides is 2. The molecule has 2 amide bonds. The molecule has 0 aliphatic carbocycles. The van der Waals surface area contributed by atoms with E-state index in [1.807, 2.05) is 50.2 Å². The van der Waals surface area contributed by atoms with Gasteiger partial charge in [0.15, 0.2) is 0 Å². The summed E-state index contributed by atoms with van der Waals surface area (Å²) in [6, 6.07) is 14.5. The second-order valence-electron chi connectivity index (χ2n) is 8.45. The number of hydrogen-bond donors (Lipinski definition) is 1. The molecule has 2 aromatic carbocycles. The van der Waals surface area contributed by atoms with Crippen molar-refractivity contribution in [1.82, 2.24) is 4.90 Å². The molecule has 0 fully saturated rings. The Morgan fingerprint density at radius 1 is 0.839 bits per heavy atom. The van der Waals surface area contributed by atoms with Gasteiger partial charge in [0.05, 0.1) is 19.3 Å². The van der Waals surface area contributed by atoms with Gasteiger partial charge in [-0.3, -0.25) is 14.5 Å². The fraction of sp³-hybridized carbons (Fsp3) is 0.360. The SMILES string of the molecule is COc1ccc(NC2=C(c3ccc(OCC(C)C)cc3)C(=O)N(CC(C)C)C2=O)cc1. The van der Waals surface area contributed by atoms with Gasteiger partial charge in [0.2, 0.25) is 0 Å². The summed E-state index contributed by atoms with van der Waals surface area (Å²) < 4.78 is 10.9. The zero-order valence-electron chi connectivity index (χ0n) is 18.8. The molecule has 0 spiro atoms. The highest BCUT2D eigenvalue weighted by molar-refractivity contribution is 6.36. The lowest BCUT2D eigenvalue weighted by molar-refractivity contribution is -0.137. The molecule has 0 aromatic heterocycles. The number of carbonyl (C=O) groups is 2. The summed E-state index contributed by atoms with van der Waals surface area (Å²) >= 11 is 0. The Kier molecular flexibility index (Phi) is 7.00. The third-order valence-corrected chi connectivity index (χ3v) is 4.80. The number of carbonyl (C=O) groups excluding carboxylic acids is 2. The molecule has 0 saturated heterocycles. The van der Waals surface area contributed by atoms with Gasteiger partial charge in [-0.1, -0.05) is 39.8 Å². The van der Waals surface area contributed by atoms with Crippen molar-refractivity contribution in [3.05, 3.63) is 59.8 Å². The van der Waals surface area contributed by atoms with Gasteiger partial charge in [-0.15, -0.1) is 0 Å². The summed E-state index contributed by atoms with van der Waals surface area (Å²) in [6.45, 7) is 9.12. The van der Waals surface area contributed by atoms with E-state index in [-0.39, 0.29) is 23.4 Å². The molecule has 0 bridgehead atoms. The number of nitrogens with zero attached hydrogens (tertiary/aromatic N) is 1. The van der Waals surface area contributed by atoms with E-state index in [4.69, 9.17) is 9.47 Å². The van der Waals surface area contributed by atoms with E-state index in [0.29, 0.717) is 41.6 Å². The van der Waals surface area contributed by atoms with Crippen molar-refractivity contribution < 1.29 is 19.1 Å². The van der Waals surface area contributed by atoms with Crippen molar-refractivity contribution in [3.63, 3.8) is 0 Å². The fourth-order valence-electron chi connectivity index (χ4n) is 3.29. The topological polar surface area (TPSA) is 67.9 Å². The van der Waals surface area contributed by atoms with Gasteiger partial charge in [0.1, 0.15) is 17.2 Å². The Morgan fingerprint density at radius 3 is 2.00 bits per heavy atom. The number of ether oxygens (including phenoxy) is 2. The summed E-state index contributed by atoms with van der Waals surface area (Å²) in [5.74, 6) is 1.43. The third-order valence-electron chi connectivity index (χ3n) is 4.80. The monoisotopic (exact) mass is 422 g/mol. The lowest BCUT2D eigenvalue weighted by atomic mass is 10.0. The smallest absolute Gasteiger partial charge is 0.278 e. The quantitative estimate of drug-likeness (QED) is 0.599. The first-order chi connectivity index (χ1) is 14.8. The van der Waals surface area contributed by atoms with Crippen LogP contribution >= 0.6 is 0 Å². The number of rotatable bonds is 9. The molecule has 0 unspecified atom stereocenters. The zero-order chi connectivity index (χ0) is 22.5. The first-order valence-electron chi connectivity index (χ1n) is 10.5. The van der Waals surface area contributed by atoms with Crippen molar-refractivity contribution in [2.45, 2.75) is 27.7 Å². The molecule has 6 nitrogen and oxygen atoms in total. The lowest BCUT2D eigenvalue weighted by Gasteiger charge is -2.17. The molecule has 31 heavy (non-hydrogen) atoms. The number of nitrogens with one attached hydrogen (secondary N) is 1. The Morgan fingerprint density at radius 2 is 1.45 bits per heavy atom. The second-order valence-corrected chi connectivity index (χ2v) is 8.45. The number of benzene rings is 2. The molecule has 1 heterocycles. The minimum Gasteiger partial charge on any atom is -0.497 e. The van der Waals surface area contributed by atoms with E-state index in [9.17, 15) is 9.59 Å². The highest BCUT2D eigenvalue weighted by Gasteiger charge is 2.39. The molecular weight excluding hydrogens is 392 g/mol. The first kappa shape index (κ1) is 22.4. The van der Waals surface area contributed by atoms with E-state index in [2.05, 4.69) is 19.2 Å². The third kappa shape index (κ3) is 5.26. The maximum Gasteiger partial charge on any atom is 0.278 e. The largest absolute Gasteiger partial charge is 0.497 e. The molecule has 0 saturated carbocycles. The Bertz CT molecular complexity index is 960. The summed E-state index contributed by atoms with van der Waals surface area (Å²) in [4.78, 5) is 27.7. The highest BCUT2D eigenvalue weighted by atomic mass is 16.5. The summed E-state index contributed by atoms with van der Waals surface area (Å²) in [5, 5.41) is 3.16. The van der Waals surface area contributed by atoms with Gasteiger partial charge in [-0.2, -0.15) is 0 Å². The van der Waals surface area contributed by atoms with Crippen molar-refractivity contribution >= 4 is 23.1 Å². The van der Waals surface area contributed by atoms with Gasteiger partial charge in [-0.05, 0) is 53.8 Å². The van der Waals surface area contributed by atoms with Crippen LogP contribution in [-0.4, -0.2) is 37.0 Å². The van der Waals surface area contributed by atoms with Crippen molar-refractivity contribution in [1.29, 1.82) is 0 Å². The van der Waals surface area contributed by atoms with E-state index in [1.165, 1.54) is 4.90 Å². The van der Waals surface area contributed by atoms with Crippen molar-refractivity contribution in [3.8, 4) is 11.5 Å². The van der Waals surface area contributed by atoms with Crippen LogP contribution in [0.3, 0.4) is 0 Å². The molecule has 0 atom stereocenters. The van der Waals surface area contributed by atoms with E-state index < -0.39 is 0 Å². The average molecular weight is 423 g/mol. The molecule has 3 rings (SSSR count). The van der Waals surface area contributed by atoms with Crippen LogP contribution in [0, 0.1) is 11.8 Å². The lowest BCUT2D eigenvalue weighted by Crippen LogP contribution is -2.35. The van der Waals surface area contributed by atoms with Gasteiger partial charge in [-0.25, -0.2) is 0 Å². The fourth-order valence-corrected chi connectivity index (χ4v) is 3.29. The van der Waals surface area contributed by atoms with Crippen LogP contribution in [0.4, 0.5) is 5.69 Å². The Hall–Kier alpha value is -3.28. The molecular formula is C25H30N2O4. The van der Waals surface area contributed by atoms with Crippen LogP contribution in [0.2, 0.25) is 0 Å². The number of imide groups is 1. The summed E-state index contributed by atoms with van der Waals surface area (Å²) in [5.41, 5.74) is 2.04. The van der Waals surface area contributed by atoms with Crippen molar-refractivity contribution in [2.75, 3.05) is 25.6 Å².